The molecular weight excluding hydrogens is 252 g/mol. The molecule has 1 aromatic carbocycles. The fourth-order valence-electron chi connectivity index (χ4n) is 2.18. The van der Waals surface area contributed by atoms with Crippen molar-refractivity contribution in [2.75, 3.05) is 26.2 Å². The van der Waals surface area contributed by atoms with Crippen molar-refractivity contribution >= 4 is 0 Å². The molecule has 0 fully saturated rings. The van der Waals surface area contributed by atoms with Crippen molar-refractivity contribution in [3.05, 3.63) is 29.8 Å². The second kappa shape index (κ2) is 8.25. The lowest BCUT2D eigenvalue weighted by molar-refractivity contribution is 0.0364. The molecule has 0 atom stereocenters. The van der Waals surface area contributed by atoms with Crippen LogP contribution < -0.4 is 10.5 Å². The van der Waals surface area contributed by atoms with E-state index in [0.717, 1.165) is 30.8 Å². The Morgan fingerprint density at radius 2 is 2.00 bits per heavy atom. The van der Waals surface area contributed by atoms with E-state index in [1.807, 2.05) is 38.1 Å². The summed E-state index contributed by atoms with van der Waals surface area (Å²) in [5, 5.41) is 9.84. The molecule has 3 N–H and O–H groups in total. The summed E-state index contributed by atoms with van der Waals surface area (Å²) in [7, 11) is 0. The third kappa shape index (κ3) is 6.37. The second-order valence-electron chi connectivity index (χ2n) is 5.70. The fourth-order valence-corrected chi connectivity index (χ4v) is 2.18. The number of aliphatic hydroxyl groups is 1. The van der Waals surface area contributed by atoms with Crippen LogP contribution >= 0.6 is 0 Å². The molecule has 20 heavy (non-hydrogen) atoms. The van der Waals surface area contributed by atoms with E-state index in [2.05, 4.69) is 11.8 Å². The molecule has 0 aromatic heterocycles. The third-order valence-electron chi connectivity index (χ3n) is 3.13. The number of para-hydroxylation sites is 1. The highest BCUT2D eigenvalue weighted by Gasteiger charge is 2.16. The Labute approximate surface area is 122 Å². The highest BCUT2D eigenvalue weighted by Crippen LogP contribution is 2.17. The van der Waals surface area contributed by atoms with Gasteiger partial charge in [0.1, 0.15) is 5.75 Å². The molecule has 1 rings (SSSR count). The van der Waals surface area contributed by atoms with Crippen molar-refractivity contribution < 1.29 is 9.84 Å². The molecule has 4 heteroatoms. The summed E-state index contributed by atoms with van der Waals surface area (Å²) in [4.78, 5) is 2.23. The van der Waals surface area contributed by atoms with Crippen molar-refractivity contribution in [1.29, 1.82) is 0 Å². The average molecular weight is 280 g/mol. The predicted molar refractivity (Wildman–Crippen MR) is 82.9 cm³/mol. The van der Waals surface area contributed by atoms with Gasteiger partial charge in [0.05, 0.1) is 12.2 Å². The number of nitrogens with zero attached hydrogens (tertiary/aromatic N) is 1. The molecule has 0 amide bonds. The maximum atomic E-state index is 9.84. The number of benzene rings is 1. The standard InChI is InChI=1S/C16H28N2O2/c1-4-18(13-16(2,3)19)10-7-11-20-15-9-6-5-8-14(15)12-17/h5-6,8-9,19H,4,7,10-13,17H2,1-3H3. The quantitative estimate of drug-likeness (QED) is 0.679. The molecule has 0 heterocycles. The van der Waals surface area contributed by atoms with Crippen LogP contribution in [-0.2, 0) is 6.54 Å². The summed E-state index contributed by atoms with van der Waals surface area (Å²) in [6, 6.07) is 7.87. The number of hydrogen-bond acceptors (Lipinski definition) is 4. The van der Waals surface area contributed by atoms with Gasteiger partial charge in [0.2, 0.25) is 0 Å². The highest BCUT2D eigenvalue weighted by atomic mass is 16.5. The lowest BCUT2D eigenvalue weighted by atomic mass is 10.1. The van der Waals surface area contributed by atoms with E-state index in [0.29, 0.717) is 19.7 Å². The summed E-state index contributed by atoms with van der Waals surface area (Å²) in [6.45, 7) is 9.48. The normalized spacial score (nSPS) is 11.9. The molecule has 0 bridgehead atoms. The van der Waals surface area contributed by atoms with E-state index < -0.39 is 5.60 Å². The molecule has 0 unspecified atom stereocenters. The Bertz CT molecular complexity index is 388. The zero-order chi connectivity index (χ0) is 15.0. The first-order chi connectivity index (χ1) is 9.46. The van der Waals surface area contributed by atoms with Crippen LogP contribution in [0, 0.1) is 0 Å². The molecule has 0 radical (unpaired) electrons. The smallest absolute Gasteiger partial charge is 0.123 e. The maximum absolute atomic E-state index is 9.84. The van der Waals surface area contributed by atoms with Crippen LogP contribution in [-0.4, -0.2) is 41.8 Å². The van der Waals surface area contributed by atoms with E-state index >= 15 is 0 Å². The van der Waals surface area contributed by atoms with Crippen molar-refractivity contribution in [1.82, 2.24) is 4.90 Å². The van der Waals surface area contributed by atoms with Crippen molar-refractivity contribution in [2.24, 2.45) is 5.73 Å². The van der Waals surface area contributed by atoms with Gasteiger partial charge in [0.15, 0.2) is 0 Å². The Hall–Kier alpha value is -1.10. The SMILES string of the molecule is CCN(CCCOc1ccccc1CN)CC(C)(C)O. The van der Waals surface area contributed by atoms with Crippen LogP contribution in [0.4, 0.5) is 0 Å². The molecule has 0 saturated heterocycles. The Morgan fingerprint density at radius 3 is 2.60 bits per heavy atom. The molecular formula is C16H28N2O2. The molecule has 114 valence electrons. The van der Waals surface area contributed by atoms with Gasteiger partial charge in [0, 0.05) is 25.2 Å². The molecule has 0 saturated carbocycles. The minimum absolute atomic E-state index is 0.496. The Morgan fingerprint density at radius 1 is 1.30 bits per heavy atom. The second-order valence-corrected chi connectivity index (χ2v) is 5.70. The summed E-state index contributed by atoms with van der Waals surface area (Å²) in [5.74, 6) is 0.875. The number of nitrogens with two attached hydrogens (primary N) is 1. The van der Waals surface area contributed by atoms with E-state index in [-0.39, 0.29) is 0 Å². The van der Waals surface area contributed by atoms with Gasteiger partial charge in [-0.1, -0.05) is 25.1 Å². The average Bonchev–Trinajstić information content (AvgIpc) is 2.41. The third-order valence-corrected chi connectivity index (χ3v) is 3.13. The zero-order valence-electron chi connectivity index (χ0n) is 12.9. The van der Waals surface area contributed by atoms with Gasteiger partial charge in [-0.05, 0) is 32.9 Å². The first-order valence-electron chi connectivity index (χ1n) is 7.31. The minimum atomic E-state index is -0.650. The van der Waals surface area contributed by atoms with Gasteiger partial charge < -0.3 is 20.5 Å². The number of ether oxygens (including phenoxy) is 1. The first-order valence-corrected chi connectivity index (χ1v) is 7.31. The molecule has 0 spiro atoms. The van der Waals surface area contributed by atoms with Crippen LogP contribution in [0.5, 0.6) is 5.75 Å². The highest BCUT2D eigenvalue weighted by molar-refractivity contribution is 5.32. The van der Waals surface area contributed by atoms with Gasteiger partial charge in [-0.25, -0.2) is 0 Å². The lowest BCUT2D eigenvalue weighted by Crippen LogP contribution is -2.39. The Balaban J connectivity index is 2.33. The fraction of sp³-hybridized carbons (Fsp3) is 0.625. The number of rotatable bonds is 9. The van der Waals surface area contributed by atoms with Gasteiger partial charge in [-0.15, -0.1) is 0 Å². The first kappa shape index (κ1) is 17.0. The largest absolute Gasteiger partial charge is 0.493 e. The van der Waals surface area contributed by atoms with E-state index in [4.69, 9.17) is 10.5 Å². The molecule has 0 aliphatic carbocycles. The van der Waals surface area contributed by atoms with E-state index in [9.17, 15) is 5.11 Å². The molecule has 0 aliphatic heterocycles. The van der Waals surface area contributed by atoms with Crippen molar-refractivity contribution in [3.8, 4) is 5.75 Å². The van der Waals surface area contributed by atoms with Crippen LogP contribution in [0.25, 0.3) is 0 Å². The monoisotopic (exact) mass is 280 g/mol. The van der Waals surface area contributed by atoms with Crippen LogP contribution in [0.2, 0.25) is 0 Å². The van der Waals surface area contributed by atoms with Gasteiger partial charge in [-0.2, -0.15) is 0 Å². The van der Waals surface area contributed by atoms with Crippen LogP contribution in [0.15, 0.2) is 24.3 Å². The summed E-state index contributed by atoms with van der Waals surface area (Å²) in [6.07, 6.45) is 0.933. The van der Waals surface area contributed by atoms with E-state index in [1.165, 1.54) is 0 Å². The van der Waals surface area contributed by atoms with Gasteiger partial charge in [0.25, 0.3) is 0 Å². The molecule has 0 aliphatic rings. The molecule has 4 nitrogen and oxygen atoms in total. The summed E-state index contributed by atoms with van der Waals surface area (Å²) < 4.78 is 5.78. The summed E-state index contributed by atoms with van der Waals surface area (Å²) >= 11 is 0. The number of hydrogen-bond donors (Lipinski definition) is 2. The topological polar surface area (TPSA) is 58.7 Å². The predicted octanol–water partition coefficient (Wildman–Crippen LogP) is 2.01. The molecule has 1 aromatic rings. The van der Waals surface area contributed by atoms with Gasteiger partial charge >= 0.3 is 0 Å². The van der Waals surface area contributed by atoms with Gasteiger partial charge in [-0.3, -0.25) is 0 Å². The number of likely N-dealkylation sites (N-methyl/N-ethyl adjacent to an activating group) is 1. The van der Waals surface area contributed by atoms with Crippen LogP contribution in [0.1, 0.15) is 32.8 Å². The zero-order valence-corrected chi connectivity index (χ0v) is 12.9. The lowest BCUT2D eigenvalue weighted by Gasteiger charge is -2.27. The Kier molecular flexibility index (Phi) is 6.99. The van der Waals surface area contributed by atoms with Crippen molar-refractivity contribution in [3.63, 3.8) is 0 Å². The van der Waals surface area contributed by atoms with Crippen molar-refractivity contribution in [2.45, 2.75) is 39.3 Å². The summed E-state index contributed by atoms with van der Waals surface area (Å²) in [5.41, 5.74) is 6.07. The minimum Gasteiger partial charge on any atom is -0.493 e. The maximum Gasteiger partial charge on any atom is 0.123 e. The van der Waals surface area contributed by atoms with Crippen LogP contribution in [0.3, 0.4) is 0 Å². The van der Waals surface area contributed by atoms with E-state index in [1.54, 1.807) is 0 Å².